The molecule has 33 heteroatoms. The molecule has 0 fully saturated rings. The first kappa shape index (κ1) is 59.0. The maximum Gasteiger partial charge on any atom is 3.00 e. The van der Waals surface area contributed by atoms with Crippen LogP contribution in [0.15, 0.2) is 47.3 Å². The molecular formula is C20H12EuF24O8+7. The molecule has 0 unspecified atom stereocenters. The maximum absolute atomic E-state index is 11.4. The molecule has 0 aliphatic heterocycles. The zero-order valence-electron chi connectivity index (χ0n) is 23.3. The first-order valence-corrected chi connectivity index (χ1v) is 10.6. The fourth-order valence-corrected chi connectivity index (χ4v) is 1.17. The maximum atomic E-state index is 11.4. The van der Waals surface area contributed by atoms with Gasteiger partial charge in [0, 0.05) is 0 Å². The molecule has 0 aromatic heterocycles. The van der Waals surface area contributed by atoms with Crippen molar-refractivity contribution < 1.29 is 194 Å². The van der Waals surface area contributed by atoms with Crippen molar-refractivity contribution in [2.45, 2.75) is 49.4 Å². The summed E-state index contributed by atoms with van der Waals surface area (Å²) in [6.45, 7) is 0. The second-order valence-electron chi connectivity index (χ2n) is 7.64. The number of hydrogen-bond donors (Lipinski definition) is 4. The van der Waals surface area contributed by atoms with Gasteiger partial charge in [0.25, 0.3) is 0 Å². The van der Waals surface area contributed by atoms with Gasteiger partial charge in [-0.1, -0.05) is 0 Å². The predicted molar refractivity (Wildman–Crippen MR) is 119 cm³/mol. The molecule has 0 aliphatic rings. The van der Waals surface area contributed by atoms with Crippen LogP contribution in [0.2, 0.25) is 0 Å². The van der Waals surface area contributed by atoms with Gasteiger partial charge in [0.1, 0.15) is 0 Å². The number of rotatable bonds is 4. The summed E-state index contributed by atoms with van der Waals surface area (Å²) in [5, 5.41) is 31.9. The third kappa shape index (κ3) is 28.9. The number of ketones is 4. The Morgan fingerprint density at radius 2 is 0.358 bits per heavy atom. The fourth-order valence-electron chi connectivity index (χ4n) is 1.17. The summed E-state index contributed by atoms with van der Waals surface area (Å²) in [6, 6.07) is 0. The monoisotopic (exact) mass is 989 g/mol. The molecule has 0 aliphatic carbocycles. The third-order valence-corrected chi connectivity index (χ3v) is 3.42. The van der Waals surface area contributed by atoms with Crippen molar-refractivity contribution in [1.29, 1.82) is 0 Å². The van der Waals surface area contributed by atoms with Crippen LogP contribution < -0.4 is 0 Å². The van der Waals surface area contributed by atoms with Gasteiger partial charge in [0.05, 0.1) is 24.3 Å². The molecule has 0 aromatic rings. The van der Waals surface area contributed by atoms with E-state index in [1.807, 2.05) is 0 Å². The number of carbonyl (C=O) groups excluding carboxylic acids is 4. The van der Waals surface area contributed by atoms with E-state index < -0.39 is 120 Å². The van der Waals surface area contributed by atoms with E-state index in [1.165, 1.54) is 0 Å². The van der Waals surface area contributed by atoms with Gasteiger partial charge in [0.2, 0.25) is 23.0 Å². The first-order valence-electron chi connectivity index (χ1n) is 10.6. The van der Waals surface area contributed by atoms with E-state index in [1.54, 1.807) is 0 Å². The Labute approximate surface area is 313 Å². The predicted octanol–water partition coefficient (Wildman–Crippen LogP) is 8.39. The topological polar surface area (TPSA) is 167 Å². The molecule has 0 spiro atoms. The zero-order valence-corrected chi connectivity index (χ0v) is 25.8. The van der Waals surface area contributed by atoms with Crippen LogP contribution in [0.3, 0.4) is 0 Å². The van der Waals surface area contributed by atoms with E-state index in [2.05, 4.69) is 0 Å². The minimum absolute atomic E-state index is 0. The summed E-state index contributed by atoms with van der Waals surface area (Å²) in [5.74, 6) is -20.1. The normalized spacial score (nSPS) is 14.2. The number of allylic oxidation sites excluding steroid dienone is 8. The summed E-state index contributed by atoms with van der Waals surface area (Å²) < 4.78 is 273. The summed E-state index contributed by atoms with van der Waals surface area (Å²) in [5.41, 5.74) is 0. The molecule has 0 bridgehead atoms. The van der Waals surface area contributed by atoms with Crippen molar-refractivity contribution in [2.75, 3.05) is 0 Å². The van der Waals surface area contributed by atoms with Crippen molar-refractivity contribution in [1.82, 2.24) is 0 Å². The Hall–Kier alpha value is -3.26. The van der Waals surface area contributed by atoms with Gasteiger partial charge < -0.3 is 20.4 Å². The van der Waals surface area contributed by atoms with Gasteiger partial charge in [-0.25, -0.2) is 0 Å². The van der Waals surface area contributed by atoms with Crippen LogP contribution in [-0.2, 0) is 0 Å². The summed E-state index contributed by atoms with van der Waals surface area (Å²) in [4.78, 5) is 31.9. The van der Waals surface area contributed by atoms with Crippen LogP contribution in [0, 0.1) is 49.4 Å². The first-order chi connectivity index (χ1) is 22.2. The number of alkyl halides is 24. The zero-order chi connectivity index (χ0) is 43.4. The van der Waals surface area contributed by atoms with Crippen molar-refractivity contribution in [3.63, 3.8) is 0 Å². The van der Waals surface area contributed by atoms with Gasteiger partial charge in [-0.3, -0.25) is 19.2 Å². The number of hydrogen-bond acceptors (Lipinski definition) is 4. The third-order valence-electron chi connectivity index (χ3n) is 3.42. The van der Waals surface area contributed by atoms with E-state index in [9.17, 15) is 105 Å². The molecule has 8 N–H and O–H groups in total. The van der Waals surface area contributed by atoms with E-state index >= 15 is 0 Å². The van der Waals surface area contributed by atoms with Crippen LogP contribution in [0.5, 0.6) is 0 Å². The van der Waals surface area contributed by atoms with Crippen molar-refractivity contribution in [2.24, 2.45) is 0 Å². The van der Waals surface area contributed by atoms with Gasteiger partial charge in [-0.2, -0.15) is 105 Å². The second kappa shape index (κ2) is 21.0. The molecule has 0 rings (SSSR count). The Morgan fingerprint density at radius 1 is 0.264 bits per heavy atom. The van der Waals surface area contributed by atoms with Gasteiger partial charge in [0.15, 0.2) is 0 Å². The number of aliphatic hydroxyl groups excluding tert-OH is 4. The molecule has 0 atom stereocenters. The van der Waals surface area contributed by atoms with Gasteiger partial charge in [-0.05, 0) is 0 Å². The largest absolute Gasteiger partial charge is 3.00 e. The molecule has 0 heterocycles. The van der Waals surface area contributed by atoms with E-state index in [4.69, 9.17) is 39.6 Å². The van der Waals surface area contributed by atoms with Gasteiger partial charge >= 0.3 is 122 Å². The van der Waals surface area contributed by atoms with Crippen molar-refractivity contribution >= 4 is 23.1 Å². The molecule has 0 amide bonds. The quantitative estimate of drug-likeness (QED) is 0.0963. The minimum atomic E-state index is -5.31. The molecule has 0 radical (unpaired) electrons. The Morgan fingerprint density at radius 3 is 0.415 bits per heavy atom. The summed E-state index contributed by atoms with van der Waals surface area (Å²) in [6.07, 6.45) is -45.7. The molecule has 53 heavy (non-hydrogen) atoms. The molecule has 0 saturated carbocycles. The van der Waals surface area contributed by atoms with Crippen LogP contribution in [-0.4, -0.2) is 112 Å². The average Bonchev–Trinajstić information content (AvgIpc) is 2.85. The van der Waals surface area contributed by atoms with Gasteiger partial charge in [-0.15, -0.1) is 0 Å². The molecular weight excluding hydrogens is 976 g/mol. The number of halogens is 24. The number of aliphatic hydroxyl groups is 4. The molecule has 8 nitrogen and oxygen atoms in total. The molecule has 308 valence electrons. The van der Waals surface area contributed by atoms with Crippen LogP contribution in [0.25, 0.3) is 0 Å². The Bertz CT molecular complexity index is 1150. The van der Waals surface area contributed by atoms with E-state index in [-0.39, 0.29) is 49.4 Å². The Balaban J connectivity index is -0.000000192. The minimum Gasteiger partial charge on any atom is -0.504 e. The smallest absolute Gasteiger partial charge is 0.504 e. The summed E-state index contributed by atoms with van der Waals surface area (Å²) >= 11 is 0. The van der Waals surface area contributed by atoms with E-state index in [0.29, 0.717) is 0 Å². The fraction of sp³-hybridized carbons (Fsp3) is 0.400. The van der Waals surface area contributed by atoms with Crippen LogP contribution >= 0.6 is 0 Å². The van der Waals surface area contributed by atoms with Crippen molar-refractivity contribution in [3.05, 3.63) is 47.3 Å². The SMILES string of the molecule is O/C(=C\C(=[OH+])C(F)(F)F)C(F)(F)F.O/C(=C\C(=[OH+])C(F)(F)F)C(F)(F)F.O/C(=C\C(=[OH+])C(F)(F)F)C(F)(F)F.O/C(=C\C(=[OH+])C(F)(F)F)C(F)(F)F.[Eu+3]. The van der Waals surface area contributed by atoms with Crippen LogP contribution in [0.1, 0.15) is 0 Å². The Kier molecular flexibility index (Phi) is 23.4. The average molecular weight is 988 g/mol. The second-order valence-corrected chi connectivity index (χ2v) is 7.64. The van der Waals surface area contributed by atoms with E-state index in [0.717, 1.165) is 0 Å². The summed E-state index contributed by atoms with van der Waals surface area (Å²) in [7, 11) is 0. The molecule has 0 aromatic carbocycles. The van der Waals surface area contributed by atoms with Crippen LogP contribution in [0.4, 0.5) is 105 Å². The standard InChI is InChI=1S/4C5H2F6O2.Eu/c4*6-4(7,8)2(12)1-3(13)5(9,10)11;/h4*1,12H;/q;;;;+3/p+4/b4*2-1-;. The molecule has 0 saturated heterocycles. The van der Waals surface area contributed by atoms with Crippen molar-refractivity contribution in [3.8, 4) is 0 Å².